The fraction of sp³-hybridized carbons (Fsp3) is 0.300. The van der Waals surface area contributed by atoms with E-state index in [1.807, 2.05) is 32.5 Å². The molecule has 7 nitrogen and oxygen atoms in total. The summed E-state index contributed by atoms with van der Waals surface area (Å²) in [6.07, 6.45) is 2.76. The van der Waals surface area contributed by atoms with Gasteiger partial charge in [-0.15, -0.1) is 16.9 Å². The van der Waals surface area contributed by atoms with Crippen molar-refractivity contribution < 1.29 is 0 Å². The Morgan fingerprint density at radius 1 is 1.17 bits per heavy atom. The van der Waals surface area contributed by atoms with Crippen LogP contribution < -0.4 is 5.32 Å². The van der Waals surface area contributed by atoms with E-state index < -0.39 is 0 Å². The molecule has 3 aromatic rings. The number of hydrogen-bond acceptors (Lipinski definition) is 7. The second-order valence-corrected chi connectivity index (χ2v) is 7.85. The molecule has 3 rings (SSSR count). The monoisotopic (exact) mass is 425 g/mol. The Labute approximate surface area is 178 Å². The lowest BCUT2D eigenvalue weighted by Gasteiger charge is -2.10. The van der Waals surface area contributed by atoms with Crippen molar-refractivity contribution in [2.24, 2.45) is 0 Å². The van der Waals surface area contributed by atoms with Crippen molar-refractivity contribution in [1.29, 1.82) is 10.5 Å². The van der Waals surface area contributed by atoms with Crippen molar-refractivity contribution in [2.75, 3.05) is 38.8 Å². The topological polar surface area (TPSA) is 93.0 Å². The molecule has 1 N–H and O–H groups in total. The first-order valence-corrected chi connectivity index (χ1v) is 10.6. The molecule has 0 saturated carbocycles. The Kier molecular flexibility index (Phi) is 6.60. The van der Waals surface area contributed by atoms with E-state index in [0.29, 0.717) is 44.9 Å². The minimum Gasteiger partial charge on any atom is -0.367 e. The SMILES string of the molecule is CSc1nc2c(C#N)c(NCCCN(C)C)nn2c(-c2ccc(Cl)cc2)c1C#N. The van der Waals surface area contributed by atoms with Gasteiger partial charge in [-0.25, -0.2) is 9.50 Å². The molecule has 0 aliphatic rings. The average Bonchev–Trinajstić information content (AvgIpc) is 3.07. The van der Waals surface area contributed by atoms with Gasteiger partial charge in [0, 0.05) is 17.1 Å². The van der Waals surface area contributed by atoms with Gasteiger partial charge in [0.05, 0.1) is 5.69 Å². The third-order valence-electron chi connectivity index (χ3n) is 4.34. The lowest BCUT2D eigenvalue weighted by Crippen LogP contribution is -2.16. The van der Waals surface area contributed by atoms with E-state index in [0.717, 1.165) is 18.5 Å². The number of nitrogens with one attached hydrogen (secondary N) is 1. The fourth-order valence-corrected chi connectivity index (χ4v) is 3.63. The predicted octanol–water partition coefficient (Wildman–Crippen LogP) is 3.88. The van der Waals surface area contributed by atoms with Crippen LogP contribution in [0.2, 0.25) is 5.02 Å². The molecule has 0 bridgehead atoms. The minimum absolute atomic E-state index is 0.366. The number of thioether (sulfide) groups is 1. The zero-order valence-electron chi connectivity index (χ0n) is 16.4. The van der Waals surface area contributed by atoms with Crippen molar-refractivity contribution in [3.8, 4) is 23.4 Å². The Morgan fingerprint density at radius 2 is 1.86 bits per heavy atom. The first-order chi connectivity index (χ1) is 14.0. The van der Waals surface area contributed by atoms with Crippen LogP contribution in [0.1, 0.15) is 17.5 Å². The maximum Gasteiger partial charge on any atom is 0.177 e. The third-order valence-corrected chi connectivity index (χ3v) is 5.27. The molecular formula is C20H20ClN7S. The molecule has 0 radical (unpaired) electrons. The van der Waals surface area contributed by atoms with E-state index in [9.17, 15) is 10.5 Å². The second-order valence-electron chi connectivity index (χ2n) is 6.62. The Hall–Kier alpha value is -2.78. The van der Waals surface area contributed by atoms with Crippen molar-refractivity contribution in [3.05, 3.63) is 40.4 Å². The molecule has 0 aliphatic heterocycles. The van der Waals surface area contributed by atoms with Gasteiger partial charge in [0.1, 0.15) is 28.3 Å². The molecule has 0 amide bonds. The largest absolute Gasteiger partial charge is 0.367 e. The highest BCUT2D eigenvalue weighted by Gasteiger charge is 2.22. The summed E-state index contributed by atoms with van der Waals surface area (Å²) in [5.74, 6) is 0.469. The smallest absolute Gasteiger partial charge is 0.177 e. The van der Waals surface area contributed by atoms with Crippen LogP contribution in [0.5, 0.6) is 0 Å². The normalized spacial score (nSPS) is 10.9. The Bertz CT molecular complexity index is 1110. The highest BCUT2D eigenvalue weighted by atomic mass is 35.5. The van der Waals surface area contributed by atoms with E-state index in [4.69, 9.17) is 11.6 Å². The zero-order valence-corrected chi connectivity index (χ0v) is 18.0. The average molecular weight is 426 g/mol. The van der Waals surface area contributed by atoms with E-state index in [1.54, 1.807) is 16.6 Å². The zero-order chi connectivity index (χ0) is 21.0. The molecule has 1 aromatic carbocycles. The summed E-state index contributed by atoms with van der Waals surface area (Å²) in [6, 6.07) is 11.6. The molecule has 0 fully saturated rings. The van der Waals surface area contributed by atoms with Crippen LogP contribution in [0.3, 0.4) is 0 Å². The van der Waals surface area contributed by atoms with Crippen LogP contribution in [0, 0.1) is 22.7 Å². The Morgan fingerprint density at radius 3 is 2.45 bits per heavy atom. The lowest BCUT2D eigenvalue weighted by molar-refractivity contribution is 0.405. The summed E-state index contributed by atoms with van der Waals surface area (Å²) in [4.78, 5) is 6.66. The van der Waals surface area contributed by atoms with Crippen molar-refractivity contribution >= 4 is 34.8 Å². The molecule has 0 aliphatic carbocycles. The first-order valence-electron chi connectivity index (χ1n) is 8.95. The van der Waals surface area contributed by atoms with E-state index >= 15 is 0 Å². The molecule has 0 spiro atoms. The minimum atomic E-state index is 0.366. The summed E-state index contributed by atoms with van der Waals surface area (Å²) < 4.78 is 1.58. The highest BCUT2D eigenvalue weighted by Crippen LogP contribution is 2.33. The molecule has 2 aromatic heterocycles. The van der Waals surface area contributed by atoms with Gasteiger partial charge in [0.2, 0.25) is 0 Å². The van der Waals surface area contributed by atoms with Crippen LogP contribution in [-0.4, -0.2) is 52.9 Å². The summed E-state index contributed by atoms with van der Waals surface area (Å²) in [5.41, 5.74) is 2.58. The van der Waals surface area contributed by atoms with E-state index in [-0.39, 0.29) is 0 Å². The molecule has 9 heteroatoms. The number of benzene rings is 1. The quantitative estimate of drug-likeness (QED) is 0.348. The van der Waals surface area contributed by atoms with Crippen LogP contribution in [-0.2, 0) is 0 Å². The number of nitriles is 2. The van der Waals surface area contributed by atoms with Crippen molar-refractivity contribution in [2.45, 2.75) is 11.4 Å². The number of rotatable bonds is 7. The van der Waals surface area contributed by atoms with Gasteiger partial charge in [0.25, 0.3) is 0 Å². The molecule has 0 unspecified atom stereocenters. The number of hydrogen-bond donors (Lipinski definition) is 1. The van der Waals surface area contributed by atoms with Gasteiger partial charge in [-0.3, -0.25) is 0 Å². The molecule has 148 valence electrons. The van der Waals surface area contributed by atoms with Crippen LogP contribution in [0.15, 0.2) is 29.3 Å². The van der Waals surface area contributed by atoms with Crippen molar-refractivity contribution in [3.63, 3.8) is 0 Å². The van der Waals surface area contributed by atoms with Gasteiger partial charge in [-0.1, -0.05) is 23.7 Å². The van der Waals surface area contributed by atoms with Crippen molar-refractivity contribution in [1.82, 2.24) is 19.5 Å². The van der Waals surface area contributed by atoms with Gasteiger partial charge >= 0.3 is 0 Å². The Balaban J connectivity index is 2.18. The number of halogens is 1. The third kappa shape index (κ3) is 4.30. The van der Waals surface area contributed by atoms with Gasteiger partial charge in [0.15, 0.2) is 11.5 Å². The molecular weight excluding hydrogens is 406 g/mol. The van der Waals surface area contributed by atoms with E-state index in [1.165, 1.54) is 11.8 Å². The van der Waals surface area contributed by atoms with Crippen LogP contribution >= 0.6 is 23.4 Å². The maximum atomic E-state index is 9.81. The number of aromatic nitrogens is 3. The predicted molar refractivity (Wildman–Crippen MR) is 116 cm³/mol. The van der Waals surface area contributed by atoms with Gasteiger partial charge in [-0.2, -0.15) is 10.5 Å². The first kappa shape index (κ1) is 20.9. The molecule has 0 saturated heterocycles. The molecule has 2 heterocycles. The standard InChI is InChI=1S/C20H20ClN7S/c1-27(2)10-4-9-24-18-16(12-23)19-25-20(29-3)15(11-22)17(28(19)26-18)13-5-7-14(21)8-6-13/h5-8H,4,9-10H2,1-3H3,(H,24,26). The maximum absolute atomic E-state index is 9.81. The van der Waals surface area contributed by atoms with Gasteiger partial charge in [-0.05, 0) is 45.4 Å². The van der Waals surface area contributed by atoms with Crippen LogP contribution in [0.4, 0.5) is 5.82 Å². The van der Waals surface area contributed by atoms with Crippen LogP contribution in [0.25, 0.3) is 16.9 Å². The second kappa shape index (κ2) is 9.15. The van der Waals surface area contributed by atoms with Gasteiger partial charge < -0.3 is 10.2 Å². The summed E-state index contributed by atoms with van der Waals surface area (Å²) in [6.45, 7) is 1.60. The summed E-state index contributed by atoms with van der Waals surface area (Å²) in [7, 11) is 4.03. The summed E-state index contributed by atoms with van der Waals surface area (Å²) >= 11 is 7.40. The highest BCUT2D eigenvalue weighted by molar-refractivity contribution is 7.98. The number of nitrogens with zero attached hydrogens (tertiary/aromatic N) is 6. The van der Waals surface area contributed by atoms with E-state index in [2.05, 4.69) is 32.4 Å². The molecule has 29 heavy (non-hydrogen) atoms. The number of fused-ring (bicyclic) bond motifs is 1. The lowest BCUT2D eigenvalue weighted by atomic mass is 10.1. The summed E-state index contributed by atoms with van der Waals surface area (Å²) in [5, 5.41) is 28.6. The fourth-order valence-electron chi connectivity index (χ4n) is 2.98. The number of anilines is 1. The molecule has 0 atom stereocenters.